The summed E-state index contributed by atoms with van der Waals surface area (Å²) in [6, 6.07) is 4.29. The molecule has 5 heteroatoms. The van der Waals surface area contributed by atoms with Gasteiger partial charge in [-0.25, -0.2) is 0 Å². The monoisotopic (exact) mass is 259 g/mol. The predicted molar refractivity (Wildman–Crippen MR) is 62.8 cm³/mol. The lowest BCUT2D eigenvalue weighted by Crippen LogP contribution is -2.24. The Morgan fingerprint density at radius 3 is 2.78 bits per heavy atom. The van der Waals surface area contributed by atoms with Crippen LogP contribution in [-0.4, -0.2) is 19.7 Å². The van der Waals surface area contributed by atoms with Crippen molar-refractivity contribution >= 4 is 0 Å². The van der Waals surface area contributed by atoms with Crippen molar-refractivity contribution in [2.24, 2.45) is 0 Å². The predicted octanol–water partition coefficient (Wildman–Crippen LogP) is 3.18. The van der Waals surface area contributed by atoms with Gasteiger partial charge in [-0.3, -0.25) is 0 Å². The van der Waals surface area contributed by atoms with Crippen molar-refractivity contribution in [3.8, 4) is 5.75 Å². The van der Waals surface area contributed by atoms with E-state index in [0.717, 1.165) is 6.07 Å². The highest BCUT2D eigenvalue weighted by Gasteiger charge is 2.39. The van der Waals surface area contributed by atoms with Crippen molar-refractivity contribution in [2.75, 3.05) is 13.7 Å². The van der Waals surface area contributed by atoms with Gasteiger partial charge in [0.05, 0.1) is 12.2 Å². The molecule has 1 aliphatic rings. The number of rotatable bonds is 3. The number of nitrogens with one attached hydrogen (secondary N) is 1. The van der Waals surface area contributed by atoms with Gasteiger partial charge in [0, 0.05) is 17.5 Å². The quantitative estimate of drug-likeness (QED) is 0.900. The molecule has 0 aromatic heterocycles. The molecule has 2 nitrogen and oxygen atoms in total. The maximum Gasteiger partial charge on any atom is 0.416 e. The summed E-state index contributed by atoms with van der Waals surface area (Å²) in [4.78, 5) is 0. The molecule has 1 heterocycles. The van der Waals surface area contributed by atoms with E-state index in [1.807, 2.05) is 6.92 Å². The number of fused-ring (bicyclic) bond motifs is 1. The molecule has 1 aliphatic heterocycles. The fraction of sp³-hybridized carbons (Fsp3) is 0.538. The first kappa shape index (κ1) is 13.2. The Labute approximate surface area is 104 Å². The maximum absolute atomic E-state index is 13.0. The molecule has 2 atom stereocenters. The molecule has 0 spiro atoms. The summed E-state index contributed by atoms with van der Waals surface area (Å²) in [5.41, 5.74) is -0.252. The van der Waals surface area contributed by atoms with Crippen LogP contribution in [0.5, 0.6) is 5.75 Å². The molecule has 0 amide bonds. The first-order valence-electron chi connectivity index (χ1n) is 5.93. The summed E-state index contributed by atoms with van der Waals surface area (Å²) < 4.78 is 44.3. The van der Waals surface area contributed by atoms with E-state index in [1.165, 1.54) is 6.07 Å². The van der Waals surface area contributed by atoms with Crippen molar-refractivity contribution in [2.45, 2.75) is 31.5 Å². The van der Waals surface area contributed by atoms with Crippen LogP contribution in [0.15, 0.2) is 18.2 Å². The Hall–Kier alpha value is -1.23. The number of hydrogen-bond acceptors (Lipinski definition) is 2. The summed E-state index contributed by atoms with van der Waals surface area (Å²) in [6.07, 6.45) is -3.68. The number of alkyl halides is 3. The molecule has 1 N–H and O–H groups in total. The van der Waals surface area contributed by atoms with Crippen molar-refractivity contribution in [3.63, 3.8) is 0 Å². The van der Waals surface area contributed by atoms with Crippen molar-refractivity contribution in [1.29, 1.82) is 0 Å². The largest absolute Gasteiger partial charge is 0.493 e. The Balaban J connectivity index is 2.35. The standard InChI is InChI=1S/C13H16F3NO/c1-8(17-2)6-9-7-18-11-5-3-4-10(12(9)11)13(14,15)16/h3-5,8-9,17H,6-7H2,1-2H3. The van der Waals surface area contributed by atoms with Gasteiger partial charge in [0.1, 0.15) is 5.75 Å². The van der Waals surface area contributed by atoms with Gasteiger partial charge in [-0.2, -0.15) is 13.2 Å². The molecule has 2 unspecified atom stereocenters. The molecule has 100 valence electrons. The summed E-state index contributed by atoms with van der Waals surface area (Å²) in [7, 11) is 1.80. The summed E-state index contributed by atoms with van der Waals surface area (Å²) in [5.74, 6) is 0.179. The molecular weight excluding hydrogens is 243 g/mol. The highest BCUT2D eigenvalue weighted by molar-refractivity contribution is 5.47. The Morgan fingerprint density at radius 1 is 1.44 bits per heavy atom. The van der Waals surface area contributed by atoms with Crippen molar-refractivity contribution < 1.29 is 17.9 Å². The average molecular weight is 259 g/mol. The van der Waals surface area contributed by atoms with Gasteiger partial charge in [0.2, 0.25) is 0 Å². The highest BCUT2D eigenvalue weighted by Crippen LogP contribution is 2.44. The molecule has 1 aromatic rings. The molecule has 18 heavy (non-hydrogen) atoms. The molecule has 0 fully saturated rings. The first-order valence-corrected chi connectivity index (χ1v) is 5.93. The third-order valence-corrected chi connectivity index (χ3v) is 3.35. The minimum Gasteiger partial charge on any atom is -0.493 e. The third-order valence-electron chi connectivity index (χ3n) is 3.35. The molecule has 0 radical (unpaired) electrons. The lowest BCUT2D eigenvalue weighted by Gasteiger charge is -2.18. The summed E-state index contributed by atoms with van der Waals surface area (Å²) in [5, 5.41) is 3.04. The molecule has 2 rings (SSSR count). The van der Waals surface area contributed by atoms with Crippen molar-refractivity contribution in [1.82, 2.24) is 5.32 Å². The van der Waals surface area contributed by atoms with E-state index in [9.17, 15) is 13.2 Å². The zero-order valence-corrected chi connectivity index (χ0v) is 10.3. The van der Waals surface area contributed by atoms with Crippen LogP contribution in [0.2, 0.25) is 0 Å². The van der Waals surface area contributed by atoms with E-state index in [2.05, 4.69) is 5.32 Å². The van der Waals surface area contributed by atoms with Gasteiger partial charge in [0.25, 0.3) is 0 Å². The van der Waals surface area contributed by atoms with Gasteiger partial charge >= 0.3 is 6.18 Å². The highest BCUT2D eigenvalue weighted by atomic mass is 19.4. The maximum atomic E-state index is 13.0. The lowest BCUT2D eigenvalue weighted by atomic mass is 9.90. The molecule has 1 aromatic carbocycles. The Kier molecular flexibility index (Phi) is 3.52. The normalized spacial score (nSPS) is 20.4. The van der Waals surface area contributed by atoms with Gasteiger partial charge in [-0.15, -0.1) is 0 Å². The minimum atomic E-state index is -4.32. The van der Waals surface area contributed by atoms with Crippen LogP contribution in [0.1, 0.15) is 30.4 Å². The van der Waals surface area contributed by atoms with Crippen LogP contribution in [-0.2, 0) is 6.18 Å². The first-order chi connectivity index (χ1) is 8.43. The molecule has 0 saturated heterocycles. The van der Waals surface area contributed by atoms with E-state index < -0.39 is 11.7 Å². The van der Waals surface area contributed by atoms with Crippen LogP contribution in [0.3, 0.4) is 0 Å². The SMILES string of the molecule is CNC(C)CC1COc2cccc(C(F)(F)F)c21. The molecule has 0 aliphatic carbocycles. The van der Waals surface area contributed by atoms with E-state index in [-0.39, 0.29) is 12.0 Å². The Bertz CT molecular complexity index is 431. The fourth-order valence-electron chi connectivity index (χ4n) is 2.34. The molecule has 0 bridgehead atoms. The second-order valence-electron chi connectivity index (χ2n) is 4.65. The minimum absolute atomic E-state index is 0.158. The van der Waals surface area contributed by atoms with Gasteiger partial charge in [0.15, 0.2) is 0 Å². The van der Waals surface area contributed by atoms with E-state index in [0.29, 0.717) is 24.3 Å². The number of halogens is 3. The van der Waals surface area contributed by atoms with Crippen LogP contribution < -0.4 is 10.1 Å². The number of hydrogen-bond donors (Lipinski definition) is 1. The fourth-order valence-corrected chi connectivity index (χ4v) is 2.34. The molecule has 0 saturated carbocycles. The van der Waals surface area contributed by atoms with Crippen molar-refractivity contribution in [3.05, 3.63) is 29.3 Å². The van der Waals surface area contributed by atoms with E-state index >= 15 is 0 Å². The van der Waals surface area contributed by atoms with Gasteiger partial charge < -0.3 is 10.1 Å². The number of ether oxygens (including phenoxy) is 1. The van der Waals surface area contributed by atoms with Crippen LogP contribution >= 0.6 is 0 Å². The number of benzene rings is 1. The summed E-state index contributed by atoms with van der Waals surface area (Å²) >= 11 is 0. The Morgan fingerprint density at radius 2 is 2.17 bits per heavy atom. The van der Waals surface area contributed by atoms with Crippen LogP contribution in [0.25, 0.3) is 0 Å². The summed E-state index contributed by atoms with van der Waals surface area (Å²) in [6.45, 7) is 2.28. The van der Waals surface area contributed by atoms with E-state index in [1.54, 1.807) is 13.1 Å². The van der Waals surface area contributed by atoms with Crippen LogP contribution in [0.4, 0.5) is 13.2 Å². The zero-order valence-electron chi connectivity index (χ0n) is 10.3. The van der Waals surface area contributed by atoms with E-state index in [4.69, 9.17) is 4.74 Å². The smallest absolute Gasteiger partial charge is 0.416 e. The third kappa shape index (κ3) is 2.46. The topological polar surface area (TPSA) is 21.3 Å². The second kappa shape index (κ2) is 4.80. The zero-order chi connectivity index (χ0) is 13.3. The molecular formula is C13H16F3NO. The average Bonchev–Trinajstić information content (AvgIpc) is 2.71. The van der Waals surface area contributed by atoms with Crippen LogP contribution in [0, 0.1) is 0 Å². The lowest BCUT2D eigenvalue weighted by molar-refractivity contribution is -0.138. The van der Waals surface area contributed by atoms with Gasteiger partial charge in [-0.1, -0.05) is 6.07 Å². The second-order valence-corrected chi connectivity index (χ2v) is 4.65. The van der Waals surface area contributed by atoms with Gasteiger partial charge in [-0.05, 0) is 32.5 Å².